The Kier molecular flexibility index (Phi) is 8.32. The van der Waals surface area contributed by atoms with Crippen molar-refractivity contribution in [3.63, 3.8) is 0 Å². The van der Waals surface area contributed by atoms with Crippen molar-refractivity contribution in [1.82, 2.24) is 10.3 Å². The molecule has 1 aliphatic heterocycles. The Hall–Kier alpha value is -2.90. The lowest BCUT2D eigenvalue weighted by Crippen LogP contribution is -2.40. The second-order valence-electron chi connectivity index (χ2n) is 9.43. The zero-order chi connectivity index (χ0) is 25.8. The van der Waals surface area contributed by atoms with Gasteiger partial charge >= 0.3 is 0 Å². The summed E-state index contributed by atoms with van der Waals surface area (Å²) < 4.78 is 6.61. The number of nitrogens with zero attached hydrogens (tertiary/aromatic N) is 1. The minimum atomic E-state index is -0.185. The first-order valence-corrected chi connectivity index (χ1v) is 13.3. The first kappa shape index (κ1) is 26.2. The van der Waals surface area contributed by atoms with Crippen molar-refractivity contribution >= 4 is 27.5 Å². The number of benzene rings is 2. The van der Waals surface area contributed by atoms with Gasteiger partial charge in [0.25, 0.3) is 11.5 Å². The molecule has 1 saturated heterocycles. The van der Waals surface area contributed by atoms with E-state index in [1.807, 2.05) is 45.0 Å². The molecule has 3 aromatic rings. The fourth-order valence-corrected chi connectivity index (χ4v) is 5.29. The van der Waals surface area contributed by atoms with Gasteiger partial charge in [-0.1, -0.05) is 28.1 Å². The molecule has 36 heavy (non-hydrogen) atoms. The number of carbonyl (C=O) groups excluding carboxylic acids is 1. The van der Waals surface area contributed by atoms with Gasteiger partial charge in [0.15, 0.2) is 0 Å². The quantitative estimate of drug-likeness (QED) is 0.397. The number of pyridine rings is 1. The van der Waals surface area contributed by atoms with Crippen LogP contribution in [0.15, 0.2) is 51.7 Å². The standard InChI is InChI=1S/C29H34BrN3O3/c1-5-33(24-10-12-36-13-11-24)27-16-22(21-6-8-23(30)9-7-21)15-25(20(27)4)28(34)31-17-26-18(2)14-19(3)32-29(26)35/h6-9,14-16,24H,5,10-13,17H2,1-4H3,(H,31,34)(H,32,35). The number of aryl methyl sites for hydroxylation is 2. The lowest BCUT2D eigenvalue weighted by atomic mass is 9.95. The number of ether oxygens (including phenoxy) is 1. The third-order valence-electron chi connectivity index (χ3n) is 7.00. The van der Waals surface area contributed by atoms with Crippen LogP contribution in [0.4, 0.5) is 5.69 Å². The molecule has 0 unspecified atom stereocenters. The highest BCUT2D eigenvalue weighted by Gasteiger charge is 2.25. The van der Waals surface area contributed by atoms with Crippen LogP contribution in [0.1, 0.15) is 52.5 Å². The number of hydrogen-bond acceptors (Lipinski definition) is 4. The summed E-state index contributed by atoms with van der Waals surface area (Å²) in [6.45, 7) is 10.5. The maximum absolute atomic E-state index is 13.5. The van der Waals surface area contributed by atoms with Gasteiger partial charge in [0.05, 0.1) is 0 Å². The fourth-order valence-electron chi connectivity index (χ4n) is 5.03. The smallest absolute Gasteiger partial charge is 0.253 e. The van der Waals surface area contributed by atoms with Crippen LogP contribution < -0.4 is 15.8 Å². The average molecular weight is 553 g/mol. The van der Waals surface area contributed by atoms with E-state index in [1.165, 1.54) is 0 Å². The highest BCUT2D eigenvalue weighted by atomic mass is 79.9. The zero-order valence-electron chi connectivity index (χ0n) is 21.4. The average Bonchev–Trinajstić information content (AvgIpc) is 2.86. The van der Waals surface area contributed by atoms with Crippen LogP contribution >= 0.6 is 15.9 Å². The third kappa shape index (κ3) is 5.73. The van der Waals surface area contributed by atoms with E-state index in [-0.39, 0.29) is 18.0 Å². The molecule has 0 saturated carbocycles. The molecule has 1 aliphatic rings. The van der Waals surface area contributed by atoms with Crippen molar-refractivity contribution in [3.8, 4) is 11.1 Å². The molecule has 1 amide bonds. The van der Waals surface area contributed by atoms with Crippen LogP contribution in [0.3, 0.4) is 0 Å². The second-order valence-corrected chi connectivity index (χ2v) is 10.3. The lowest BCUT2D eigenvalue weighted by molar-refractivity contribution is 0.0846. The van der Waals surface area contributed by atoms with Gasteiger partial charge in [-0.2, -0.15) is 0 Å². The number of aromatic amines is 1. The van der Waals surface area contributed by atoms with Gasteiger partial charge in [-0.15, -0.1) is 0 Å². The number of anilines is 1. The number of H-pyrrole nitrogens is 1. The second kappa shape index (κ2) is 11.4. The van der Waals surface area contributed by atoms with E-state index in [2.05, 4.69) is 56.3 Å². The first-order chi connectivity index (χ1) is 17.3. The maximum atomic E-state index is 13.5. The first-order valence-electron chi connectivity index (χ1n) is 12.5. The molecule has 0 atom stereocenters. The molecular weight excluding hydrogens is 518 g/mol. The Bertz CT molecular complexity index is 1290. The summed E-state index contributed by atoms with van der Waals surface area (Å²) in [5.41, 5.74) is 6.76. The summed E-state index contributed by atoms with van der Waals surface area (Å²) in [4.78, 5) is 31.2. The minimum Gasteiger partial charge on any atom is -0.381 e. The van der Waals surface area contributed by atoms with E-state index in [4.69, 9.17) is 4.74 Å². The summed E-state index contributed by atoms with van der Waals surface area (Å²) >= 11 is 3.51. The van der Waals surface area contributed by atoms with Crippen molar-refractivity contribution in [2.75, 3.05) is 24.7 Å². The van der Waals surface area contributed by atoms with E-state index >= 15 is 0 Å². The molecule has 1 aromatic heterocycles. The van der Waals surface area contributed by atoms with Gasteiger partial charge in [0.1, 0.15) is 0 Å². The van der Waals surface area contributed by atoms with E-state index < -0.39 is 0 Å². The molecule has 0 radical (unpaired) electrons. The molecule has 7 heteroatoms. The molecule has 0 aliphatic carbocycles. The molecular formula is C29H34BrN3O3. The van der Waals surface area contributed by atoms with E-state index in [0.29, 0.717) is 17.2 Å². The highest BCUT2D eigenvalue weighted by molar-refractivity contribution is 9.10. The van der Waals surface area contributed by atoms with Crippen LogP contribution in [0.5, 0.6) is 0 Å². The van der Waals surface area contributed by atoms with Crippen LogP contribution in [0.25, 0.3) is 11.1 Å². The Morgan fingerprint density at radius 1 is 1.08 bits per heavy atom. The Balaban J connectivity index is 1.73. The maximum Gasteiger partial charge on any atom is 0.253 e. The van der Waals surface area contributed by atoms with Crippen molar-refractivity contribution in [1.29, 1.82) is 0 Å². The molecule has 1 fully saturated rings. The van der Waals surface area contributed by atoms with Gasteiger partial charge in [0, 0.05) is 59.3 Å². The molecule has 0 bridgehead atoms. The van der Waals surface area contributed by atoms with Gasteiger partial charge in [0.2, 0.25) is 0 Å². The summed E-state index contributed by atoms with van der Waals surface area (Å²) in [7, 11) is 0. The third-order valence-corrected chi connectivity index (χ3v) is 7.53. The number of hydrogen-bond donors (Lipinski definition) is 2. The topological polar surface area (TPSA) is 74.4 Å². The number of halogens is 1. The zero-order valence-corrected chi connectivity index (χ0v) is 23.0. The summed E-state index contributed by atoms with van der Waals surface area (Å²) in [6.07, 6.45) is 1.93. The van der Waals surface area contributed by atoms with E-state index in [1.54, 1.807) is 0 Å². The molecule has 2 heterocycles. The minimum absolute atomic E-state index is 0.162. The Morgan fingerprint density at radius 2 is 1.78 bits per heavy atom. The molecule has 2 aromatic carbocycles. The lowest BCUT2D eigenvalue weighted by Gasteiger charge is -2.37. The number of amides is 1. The highest BCUT2D eigenvalue weighted by Crippen LogP contribution is 2.34. The Morgan fingerprint density at radius 3 is 2.42 bits per heavy atom. The number of nitrogens with one attached hydrogen (secondary N) is 2. The van der Waals surface area contributed by atoms with E-state index in [0.717, 1.165) is 70.7 Å². The SMILES string of the molecule is CCN(c1cc(-c2ccc(Br)cc2)cc(C(=O)NCc2c(C)cc(C)[nH]c2=O)c1C)C1CCOCC1. The summed E-state index contributed by atoms with van der Waals surface area (Å²) in [5.74, 6) is -0.185. The summed E-state index contributed by atoms with van der Waals surface area (Å²) in [5, 5.41) is 3.00. The van der Waals surface area contributed by atoms with Crippen molar-refractivity contribution < 1.29 is 9.53 Å². The number of aromatic nitrogens is 1. The molecule has 2 N–H and O–H groups in total. The van der Waals surface area contributed by atoms with Crippen molar-refractivity contribution in [3.05, 3.63) is 85.2 Å². The van der Waals surface area contributed by atoms with Crippen LogP contribution in [-0.4, -0.2) is 36.7 Å². The molecule has 6 nitrogen and oxygen atoms in total. The predicted molar refractivity (Wildman–Crippen MR) is 149 cm³/mol. The Labute approximate surface area is 221 Å². The van der Waals surface area contributed by atoms with Crippen LogP contribution in [0.2, 0.25) is 0 Å². The van der Waals surface area contributed by atoms with E-state index in [9.17, 15) is 9.59 Å². The number of rotatable bonds is 7. The summed E-state index contributed by atoms with van der Waals surface area (Å²) in [6, 6.07) is 14.6. The van der Waals surface area contributed by atoms with Gasteiger partial charge in [-0.05, 0) is 93.1 Å². The molecule has 4 rings (SSSR count). The van der Waals surface area contributed by atoms with Crippen molar-refractivity contribution in [2.45, 2.75) is 53.1 Å². The monoisotopic (exact) mass is 551 g/mol. The van der Waals surface area contributed by atoms with Gasteiger partial charge in [-0.3, -0.25) is 9.59 Å². The molecule has 190 valence electrons. The predicted octanol–water partition coefficient (Wildman–Crippen LogP) is 5.66. The van der Waals surface area contributed by atoms with Crippen LogP contribution in [-0.2, 0) is 11.3 Å². The fraction of sp³-hybridized carbons (Fsp3) is 0.379. The normalized spacial score (nSPS) is 14.0. The van der Waals surface area contributed by atoms with Crippen LogP contribution in [0, 0.1) is 20.8 Å². The number of carbonyl (C=O) groups is 1. The van der Waals surface area contributed by atoms with Crippen molar-refractivity contribution in [2.24, 2.45) is 0 Å². The van der Waals surface area contributed by atoms with Gasteiger partial charge < -0.3 is 19.9 Å². The molecule has 0 spiro atoms. The largest absolute Gasteiger partial charge is 0.381 e. The van der Waals surface area contributed by atoms with Gasteiger partial charge in [-0.25, -0.2) is 0 Å².